The van der Waals surface area contributed by atoms with Crippen molar-refractivity contribution in [2.24, 2.45) is 0 Å². The Balaban J connectivity index is 1.35. The molecule has 1 unspecified atom stereocenters. The topological polar surface area (TPSA) is 46.3 Å². The Bertz CT molecular complexity index is 1580. The Hall–Kier alpha value is -3.68. The molecule has 1 saturated heterocycles. The van der Waals surface area contributed by atoms with Gasteiger partial charge in [-0.2, -0.15) is 0 Å². The Morgan fingerprint density at radius 1 is 0.897 bits per heavy atom. The number of amides is 1. The molecular formula is C32H32BrN5O. The fourth-order valence-corrected chi connectivity index (χ4v) is 6.17. The minimum Gasteiger partial charge on any atom is -0.347 e. The molecule has 0 saturated carbocycles. The zero-order valence-corrected chi connectivity index (χ0v) is 23.7. The normalized spacial score (nSPS) is 15.1. The van der Waals surface area contributed by atoms with E-state index in [1.165, 1.54) is 10.9 Å². The number of carbonyl (C=O) groups is 1. The molecule has 1 fully saturated rings. The first-order valence-corrected chi connectivity index (χ1v) is 14.3. The maximum atomic E-state index is 13.9. The summed E-state index contributed by atoms with van der Waals surface area (Å²) in [5.74, 6) is 0.0979. The molecule has 0 N–H and O–H groups in total. The summed E-state index contributed by atoms with van der Waals surface area (Å²) in [5, 5.41) is 2.32. The van der Waals surface area contributed by atoms with Gasteiger partial charge in [0.1, 0.15) is 0 Å². The summed E-state index contributed by atoms with van der Waals surface area (Å²) in [7, 11) is 2.11. The van der Waals surface area contributed by atoms with E-state index in [2.05, 4.69) is 115 Å². The van der Waals surface area contributed by atoms with Gasteiger partial charge in [-0.15, -0.1) is 0 Å². The highest BCUT2D eigenvalue weighted by Crippen LogP contribution is 2.33. The third-order valence-corrected chi connectivity index (χ3v) is 8.39. The molecule has 3 aromatic carbocycles. The quantitative estimate of drug-likeness (QED) is 0.219. The highest BCUT2D eigenvalue weighted by atomic mass is 79.9. The molecule has 0 radical (unpaired) electrons. The molecule has 7 heteroatoms. The van der Waals surface area contributed by atoms with Gasteiger partial charge in [0.2, 0.25) is 0 Å². The lowest BCUT2D eigenvalue weighted by molar-refractivity contribution is 0.0665. The molecule has 198 valence electrons. The van der Waals surface area contributed by atoms with Gasteiger partial charge in [0.15, 0.2) is 0 Å². The van der Waals surface area contributed by atoms with Gasteiger partial charge in [-0.25, -0.2) is 4.98 Å². The Morgan fingerprint density at radius 2 is 1.64 bits per heavy atom. The smallest absolute Gasteiger partial charge is 0.256 e. The van der Waals surface area contributed by atoms with Gasteiger partial charge in [0, 0.05) is 56.8 Å². The predicted molar refractivity (Wildman–Crippen MR) is 160 cm³/mol. The van der Waals surface area contributed by atoms with Gasteiger partial charge in [-0.1, -0.05) is 88.7 Å². The average Bonchev–Trinajstić information content (AvgIpc) is 3.61. The summed E-state index contributed by atoms with van der Waals surface area (Å²) >= 11 is 3.88. The van der Waals surface area contributed by atoms with Crippen molar-refractivity contribution in [2.45, 2.75) is 17.9 Å². The van der Waals surface area contributed by atoms with Crippen LogP contribution in [-0.2, 0) is 13.0 Å². The molecule has 0 aliphatic carbocycles. The number of rotatable bonds is 7. The lowest BCUT2D eigenvalue weighted by Crippen LogP contribution is -2.47. The lowest BCUT2D eigenvalue weighted by atomic mass is 9.97. The van der Waals surface area contributed by atoms with Crippen LogP contribution in [0.2, 0.25) is 0 Å². The lowest BCUT2D eigenvalue weighted by Gasteiger charge is -2.32. The second-order valence-corrected chi connectivity index (χ2v) is 11.4. The highest BCUT2D eigenvalue weighted by Gasteiger charge is 2.25. The van der Waals surface area contributed by atoms with Gasteiger partial charge in [-0.05, 0) is 28.9 Å². The fraction of sp³-hybridized carbons (Fsp3) is 0.250. The van der Waals surface area contributed by atoms with Crippen LogP contribution in [0.15, 0.2) is 97.7 Å². The van der Waals surface area contributed by atoms with Crippen molar-refractivity contribution in [1.82, 2.24) is 23.9 Å². The SMILES string of the molecule is CN1CCN(C(=O)c2cn(Cc3cncn3C(Br)Cc3ccccc3)cc2-c2cccc3ccccc23)CC1. The molecule has 2 aromatic heterocycles. The molecule has 6 rings (SSSR count). The molecule has 1 aliphatic heterocycles. The number of nitrogens with zero attached hydrogens (tertiary/aromatic N) is 5. The number of alkyl halides is 1. The van der Waals surface area contributed by atoms with Crippen molar-refractivity contribution < 1.29 is 4.79 Å². The highest BCUT2D eigenvalue weighted by molar-refractivity contribution is 9.09. The summed E-state index contributed by atoms with van der Waals surface area (Å²) in [6, 6.07) is 25.2. The van der Waals surface area contributed by atoms with Crippen LogP contribution in [0.3, 0.4) is 0 Å². The Morgan fingerprint density at radius 3 is 2.46 bits per heavy atom. The number of benzene rings is 3. The number of imidazole rings is 1. The van der Waals surface area contributed by atoms with E-state index in [1.807, 2.05) is 29.7 Å². The van der Waals surface area contributed by atoms with Gasteiger partial charge >= 0.3 is 0 Å². The van der Waals surface area contributed by atoms with E-state index >= 15 is 0 Å². The summed E-state index contributed by atoms with van der Waals surface area (Å²) in [6.07, 6.45) is 8.80. The number of hydrogen-bond donors (Lipinski definition) is 0. The first kappa shape index (κ1) is 25.6. The van der Waals surface area contributed by atoms with E-state index in [4.69, 9.17) is 0 Å². The minimum absolute atomic E-state index is 0.0805. The van der Waals surface area contributed by atoms with Crippen LogP contribution >= 0.6 is 15.9 Å². The van der Waals surface area contributed by atoms with E-state index < -0.39 is 0 Å². The standard InChI is InChI=1S/C32H32BrN5O/c1-35-14-16-37(17-15-35)32(39)30-22-36(21-29(30)28-13-7-11-25-10-5-6-12-27(25)28)20-26-19-34-23-38(26)31(33)18-24-8-3-2-4-9-24/h2-13,19,21-23,31H,14-18,20H2,1H3. The van der Waals surface area contributed by atoms with Crippen LogP contribution in [-0.4, -0.2) is 63.1 Å². The van der Waals surface area contributed by atoms with Crippen molar-refractivity contribution in [3.63, 3.8) is 0 Å². The van der Waals surface area contributed by atoms with Crippen LogP contribution in [0.25, 0.3) is 21.9 Å². The van der Waals surface area contributed by atoms with E-state index in [0.29, 0.717) is 6.54 Å². The number of halogens is 1. The molecule has 6 nitrogen and oxygen atoms in total. The van der Waals surface area contributed by atoms with Crippen molar-refractivity contribution in [2.75, 3.05) is 33.2 Å². The van der Waals surface area contributed by atoms with Crippen LogP contribution in [0.1, 0.15) is 26.6 Å². The average molecular weight is 583 g/mol. The molecule has 3 heterocycles. The van der Waals surface area contributed by atoms with Crippen LogP contribution in [0, 0.1) is 0 Å². The second kappa shape index (κ2) is 11.2. The van der Waals surface area contributed by atoms with Crippen molar-refractivity contribution >= 4 is 32.6 Å². The number of aromatic nitrogens is 3. The molecule has 5 aromatic rings. The zero-order chi connectivity index (χ0) is 26.8. The third kappa shape index (κ3) is 5.42. The van der Waals surface area contributed by atoms with E-state index in [0.717, 1.165) is 60.4 Å². The summed E-state index contributed by atoms with van der Waals surface area (Å²) in [5.41, 5.74) is 5.15. The first-order valence-electron chi connectivity index (χ1n) is 13.4. The molecule has 0 spiro atoms. The number of fused-ring (bicyclic) bond motifs is 1. The Labute approximate surface area is 237 Å². The molecule has 0 bridgehead atoms. The van der Waals surface area contributed by atoms with Crippen LogP contribution < -0.4 is 0 Å². The molecule has 1 aliphatic rings. The summed E-state index contributed by atoms with van der Waals surface area (Å²) in [6.45, 7) is 3.89. The predicted octanol–water partition coefficient (Wildman–Crippen LogP) is 6.08. The van der Waals surface area contributed by atoms with E-state index in [1.54, 1.807) is 0 Å². The molecule has 1 atom stereocenters. The third-order valence-electron chi connectivity index (χ3n) is 7.62. The van der Waals surface area contributed by atoms with Gasteiger partial charge in [-0.3, -0.25) is 4.79 Å². The summed E-state index contributed by atoms with van der Waals surface area (Å²) < 4.78 is 4.31. The largest absolute Gasteiger partial charge is 0.347 e. The first-order chi connectivity index (χ1) is 19.1. The van der Waals surface area contributed by atoms with Crippen molar-refractivity contribution in [3.05, 3.63) is 115 Å². The Kier molecular flexibility index (Phi) is 7.35. The number of carbonyl (C=O) groups excluding carboxylic acids is 1. The summed E-state index contributed by atoms with van der Waals surface area (Å²) in [4.78, 5) is 22.7. The van der Waals surface area contributed by atoms with Crippen LogP contribution in [0.4, 0.5) is 0 Å². The van der Waals surface area contributed by atoms with Gasteiger partial charge in [0.05, 0.1) is 29.1 Å². The van der Waals surface area contributed by atoms with Gasteiger partial charge in [0.25, 0.3) is 5.91 Å². The second-order valence-electron chi connectivity index (χ2n) is 10.3. The molecular weight excluding hydrogens is 550 g/mol. The number of hydrogen-bond acceptors (Lipinski definition) is 3. The van der Waals surface area contributed by atoms with Gasteiger partial charge < -0.3 is 18.9 Å². The van der Waals surface area contributed by atoms with E-state index in [9.17, 15) is 4.79 Å². The van der Waals surface area contributed by atoms with E-state index in [-0.39, 0.29) is 10.9 Å². The zero-order valence-electron chi connectivity index (χ0n) is 22.1. The number of likely N-dealkylation sites (N-methyl/N-ethyl adjacent to an activating group) is 1. The van der Waals surface area contributed by atoms with Crippen LogP contribution in [0.5, 0.6) is 0 Å². The maximum Gasteiger partial charge on any atom is 0.256 e. The molecule has 1 amide bonds. The minimum atomic E-state index is 0.0805. The van der Waals surface area contributed by atoms with Crippen molar-refractivity contribution in [1.29, 1.82) is 0 Å². The number of piperazine rings is 1. The molecule has 39 heavy (non-hydrogen) atoms. The van der Waals surface area contributed by atoms with Crippen molar-refractivity contribution in [3.8, 4) is 11.1 Å². The fourth-order valence-electron chi connectivity index (χ4n) is 5.43. The monoisotopic (exact) mass is 581 g/mol. The maximum absolute atomic E-state index is 13.9.